The van der Waals surface area contributed by atoms with Crippen molar-refractivity contribution in [2.24, 2.45) is 5.92 Å². The average molecular weight is 734 g/mol. The Kier molecular flexibility index (Phi) is 13.0. The van der Waals surface area contributed by atoms with Crippen LogP contribution in [0.15, 0.2) is 35.3 Å². The van der Waals surface area contributed by atoms with Gasteiger partial charge in [0.2, 0.25) is 5.91 Å². The Balaban J connectivity index is 1.82. The monoisotopic (exact) mass is 733 g/mol. The maximum absolute atomic E-state index is 16.5. The molecule has 0 bridgehead atoms. The molecule has 2 aromatic carbocycles. The Morgan fingerprint density at radius 2 is 1.71 bits per heavy atom. The van der Waals surface area contributed by atoms with Crippen molar-refractivity contribution in [2.75, 3.05) is 32.8 Å². The van der Waals surface area contributed by atoms with Crippen LogP contribution in [0.5, 0.6) is 0 Å². The van der Waals surface area contributed by atoms with Gasteiger partial charge in [0, 0.05) is 49.6 Å². The largest absolute Gasteiger partial charge is 0.481 e. The lowest BCUT2D eigenvalue weighted by Gasteiger charge is -2.27. The summed E-state index contributed by atoms with van der Waals surface area (Å²) < 4.78 is 95.4. The number of alkyl halides is 3. The first kappa shape index (κ1) is 40.2. The topological polar surface area (TPSA) is 101 Å². The van der Waals surface area contributed by atoms with Crippen LogP contribution in [-0.4, -0.2) is 59.3 Å². The molecular formula is C38H41F6N3O5. The van der Waals surface area contributed by atoms with Crippen LogP contribution in [0.4, 0.5) is 26.3 Å². The fourth-order valence-corrected chi connectivity index (χ4v) is 6.65. The highest BCUT2D eigenvalue weighted by Crippen LogP contribution is 2.38. The summed E-state index contributed by atoms with van der Waals surface area (Å²) in [6.07, 6.45) is 1.09. The first-order valence-corrected chi connectivity index (χ1v) is 16.8. The van der Waals surface area contributed by atoms with Gasteiger partial charge >= 0.3 is 12.1 Å². The average Bonchev–Trinajstić information content (AvgIpc) is 3.31. The van der Waals surface area contributed by atoms with Gasteiger partial charge in [0.1, 0.15) is 23.5 Å². The summed E-state index contributed by atoms with van der Waals surface area (Å²) in [6, 6.07) is 0.329. The van der Waals surface area contributed by atoms with E-state index < -0.39 is 76.3 Å². The number of terminal acetylenes is 1. The number of carboxylic acids is 1. The van der Waals surface area contributed by atoms with Crippen LogP contribution in [-0.2, 0) is 26.9 Å². The van der Waals surface area contributed by atoms with E-state index in [4.69, 9.17) is 11.2 Å². The zero-order valence-electron chi connectivity index (χ0n) is 29.3. The molecule has 2 atom stereocenters. The number of ether oxygens (including phenoxy) is 1. The predicted molar refractivity (Wildman–Crippen MR) is 182 cm³/mol. The Labute approximate surface area is 297 Å². The van der Waals surface area contributed by atoms with Crippen molar-refractivity contribution < 1.29 is 45.8 Å². The zero-order chi connectivity index (χ0) is 38.5. The van der Waals surface area contributed by atoms with Crippen LogP contribution in [0.1, 0.15) is 78.6 Å². The lowest BCUT2D eigenvalue weighted by atomic mass is 9.89. The predicted octanol–water partition coefficient (Wildman–Crippen LogP) is 6.73. The van der Waals surface area contributed by atoms with Gasteiger partial charge in [-0.3, -0.25) is 14.4 Å². The molecule has 8 nitrogen and oxygen atoms in total. The summed E-state index contributed by atoms with van der Waals surface area (Å²) >= 11 is 0. The van der Waals surface area contributed by atoms with E-state index in [2.05, 4.69) is 11.2 Å². The van der Waals surface area contributed by atoms with Crippen molar-refractivity contribution in [2.45, 2.75) is 71.6 Å². The molecule has 0 aliphatic carbocycles. The van der Waals surface area contributed by atoms with Gasteiger partial charge in [-0.25, -0.2) is 13.2 Å². The lowest BCUT2D eigenvalue weighted by molar-refractivity contribution is -0.139. The van der Waals surface area contributed by atoms with Gasteiger partial charge in [-0.05, 0) is 79.5 Å². The molecule has 1 aromatic heterocycles. The Bertz CT molecular complexity index is 1890. The summed E-state index contributed by atoms with van der Waals surface area (Å²) in [7, 11) is 0. The summed E-state index contributed by atoms with van der Waals surface area (Å²) in [6.45, 7) is 8.63. The van der Waals surface area contributed by atoms with E-state index in [0.29, 0.717) is 38.8 Å². The Hall–Kier alpha value is -4.61. The van der Waals surface area contributed by atoms with Gasteiger partial charge in [-0.2, -0.15) is 13.2 Å². The van der Waals surface area contributed by atoms with Crippen molar-refractivity contribution in [3.63, 3.8) is 0 Å². The number of halogens is 6. The quantitative estimate of drug-likeness (QED) is 0.158. The first-order valence-electron chi connectivity index (χ1n) is 16.8. The van der Waals surface area contributed by atoms with E-state index in [-0.39, 0.29) is 53.1 Å². The molecule has 2 heterocycles. The molecule has 1 aliphatic rings. The number of carboxylic acid groups (broad SMARTS) is 1. The van der Waals surface area contributed by atoms with Gasteiger partial charge in [0.25, 0.3) is 5.56 Å². The molecule has 1 fully saturated rings. The molecule has 3 aromatic rings. The molecule has 52 heavy (non-hydrogen) atoms. The highest BCUT2D eigenvalue weighted by molar-refractivity contribution is 5.82. The normalized spacial score (nSPS) is 15.2. The van der Waals surface area contributed by atoms with Gasteiger partial charge in [-0.15, -0.1) is 6.42 Å². The van der Waals surface area contributed by atoms with Crippen LogP contribution in [0, 0.1) is 49.6 Å². The number of benzene rings is 2. The molecular weight excluding hydrogens is 692 g/mol. The second-order valence-electron chi connectivity index (χ2n) is 13.4. The fraction of sp³-hybridized carbons (Fsp3) is 0.447. The molecule has 1 saturated heterocycles. The summed E-state index contributed by atoms with van der Waals surface area (Å²) in [5.74, 6) is -4.01. The van der Waals surface area contributed by atoms with Crippen molar-refractivity contribution >= 4 is 11.9 Å². The number of aromatic nitrogens is 1. The van der Waals surface area contributed by atoms with E-state index >= 15 is 8.78 Å². The van der Waals surface area contributed by atoms with Crippen LogP contribution in [0.25, 0.3) is 11.1 Å². The Morgan fingerprint density at radius 3 is 2.31 bits per heavy atom. The summed E-state index contributed by atoms with van der Waals surface area (Å²) in [5, 5.41) is 12.2. The molecule has 0 saturated carbocycles. The number of nitrogens with zero attached hydrogens (tertiary/aromatic N) is 2. The molecule has 0 spiro atoms. The third-order valence-electron chi connectivity index (χ3n) is 9.01. The van der Waals surface area contributed by atoms with Gasteiger partial charge < -0.3 is 24.6 Å². The second-order valence-corrected chi connectivity index (χ2v) is 13.4. The van der Waals surface area contributed by atoms with Crippen molar-refractivity contribution in [3.8, 4) is 23.5 Å². The maximum Gasteiger partial charge on any atom is 0.416 e. The highest BCUT2D eigenvalue weighted by atomic mass is 19.4. The third kappa shape index (κ3) is 9.43. The highest BCUT2D eigenvalue weighted by Gasteiger charge is 2.37. The van der Waals surface area contributed by atoms with Crippen LogP contribution in [0.2, 0.25) is 0 Å². The summed E-state index contributed by atoms with van der Waals surface area (Å²) in [4.78, 5) is 41.4. The number of amides is 1. The standard InChI is InChI=1S/C38H41F6N3O5/c1-6-24-17-27(33-22(4)15-26(39)16-23(33)5)36(41)34(35(24)40)29(19-32(49)50)45-37(51)30(14-21(2)3)47-20-25(28(18-31(47)48)38(42,43)44)8-10-46-9-7-12-52-13-11-46/h1,15-18,20-21,29-30H,7-14,19H2,2-5H3,(H,45,51)(H,49,50)/t29-,30+/m1/s1. The fourth-order valence-electron chi connectivity index (χ4n) is 6.65. The molecule has 0 radical (unpaired) electrons. The van der Waals surface area contributed by atoms with Crippen molar-refractivity contribution in [1.82, 2.24) is 14.8 Å². The van der Waals surface area contributed by atoms with Crippen LogP contribution < -0.4 is 10.9 Å². The SMILES string of the molecule is C#Cc1cc(-c2c(C)cc(F)cc2C)c(F)c([C@@H](CC(=O)O)NC(=O)[C@H](CC(C)C)n2cc(CCN3CCCOCC3)c(C(F)(F)F)cc2=O)c1F. The molecule has 14 heteroatoms. The lowest BCUT2D eigenvalue weighted by Crippen LogP contribution is -2.41. The van der Waals surface area contributed by atoms with E-state index in [1.54, 1.807) is 13.8 Å². The molecule has 280 valence electrons. The maximum atomic E-state index is 16.5. The van der Waals surface area contributed by atoms with E-state index in [9.17, 15) is 37.1 Å². The number of carbonyl (C=O) groups excluding carboxylic acids is 1. The van der Waals surface area contributed by atoms with Gasteiger partial charge in [0.15, 0.2) is 0 Å². The molecule has 0 unspecified atom stereocenters. The van der Waals surface area contributed by atoms with Crippen molar-refractivity contribution in [1.29, 1.82) is 0 Å². The van der Waals surface area contributed by atoms with Gasteiger partial charge in [-0.1, -0.05) is 19.8 Å². The second kappa shape index (κ2) is 16.8. The number of hydrogen-bond donors (Lipinski definition) is 2. The molecule has 1 amide bonds. The Morgan fingerprint density at radius 1 is 1.04 bits per heavy atom. The van der Waals surface area contributed by atoms with Crippen LogP contribution >= 0.6 is 0 Å². The number of aryl methyl sites for hydroxylation is 2. The number of nitrogens with one attached hydrogen (secondary N) is 1. The molecule has 1 aliphatic heterocycles. The van der Waals surface area contributed by atoms with E-state index in [0.717, 1.165) is 29.0 Å². The minimum Gasteiger partial charge on any atom is -0.481 e. The van der Waals surface area contributed by atoms with Crippen LogP contribution in [0.3, 0.4) is 0 Å². The van der Waals surface area contributed by atoms with E-state index in [1.165, 1.54) is 13.8 Å². The number of carbonyl (C=O) groups is 2. The van der Waals surface area contributed by atoms with Crippen molar-refractivity contribution in [3.05, 3.63) is 91.6 Å². The minimum atomic E-state index is -4.88. The summed E-state index contributed by atoms with van der Waals surface area (Å²) in [5.41, 5.74) is -3.42. The number of hydrogen-bond acceptors (Lipinski definition) is 5. The minimum absolute atomic E-state index is 0.103. The number of rotatable bonds is 12. The van der Waals surface area contributed by atoms with E-state index in [1.807, 2.05) is 4.90 Å². The van der Waals surface area contributed by atoms with Gasteiger partial charge in [0.05, 0.1) is 30.2 Å². The third-order valence-corrected chi connectivity index (χ3v) is 9.01. The molecule has 4 rings (SSSR count). The number of aliphatic carboxylic acids is 1. The number of pyridine rings is 1. The zero-order valence-corrected chi connectivity index (χ0v) is 29.3. The smallest absolute Gasteiger partial charge is 0.416 e. The molecule has 2 N–H and O–H groups in total. The first-order chi connectivity index (χ1) is 24.4.